The fraction of sp³-hybridized carbons (Fsp3) is 0.533. The minimum Gasteiger partial charge on any atom is -0.329 e. The standard InChI is InChI=1S/C15H19N3O2/c1-11-14(19)17-9-5-3-7-13(17)15(20)18(11)10-12-6-2-4-8-16-12/h2,4,6,8,11,13H,3,5,7,9-10H2,1H3. The molecule has 1 aromatic heterocycles. The number of hydrogen-bond acceptors (Lipinski definition) is 3. The number of rotatable bonds is 2. The highest BCUT2D eigenvalue weighted by molar-refractivity contribution is 5.96. The van der Waals surface area contributed by atoms with Gasteiger partial charge in [-0.2, -0.15) is 0 Å². The Kier molecular flexibility index (Phi) is 3.42. The molecule has 5 nitrogen and oxygen atoms in total. The maximum absolute atomic E-state index is 12.6. The molecule has 2 aliphatic heterocycles. The van der Waals surface area contributed by atoms with E-state index < -0.39 is 0 Å². The van der Waals surface area contributed by atoms with Crippen molar-refractivity contribution >= 4 is 11.8 Å². The Morgan fingerprint density at radius 3 is 2.85 bits per heavy atom. The Hall–Kier alpha value is -1.91. The van der Waals surface area contributed by atoms with E-state index in [1.54, 1.807) is 16.0 Å². The molecule has 106 valence electrons. The minimum absolute atomic E-state index is 0.0717. The third-order valence-corrected chi connectivity index (χ3v) is 4.24. The number of hydrogen-bond donors (Lipinski definition) is 0. The first kappa shape index (κ1) is 13.1. The number of carbonyl (C=O) groups is 2. The second kappa shape index (κ2) is 5.23. The summed E-state index contributed by atoms with van der Waals surface area (Å²) >= 11 is 0. The molecule has 3 rings (SSSR count). The first-order valence-electron chi connectivity index (χ1n) is 7.19. The summed E-state index contributed by atoms with van der Waals surface area (Å²) in [6.07, 6.45) is 4.52. The van der Waals surface area contributed by atoms with Crippen LogP contribution in [0.5, 0.6) is 0 Å². The van der Waals surface area contributed by atoms with Gasteiger partial charge in [-0.25, -0.2) is 0 Å². The molecule has 0 saturated carbocycles. The summed E-state index contributed by atoms with van der Waals surface area (Å²) in [5, 5.41) is 0. The Morgan fingerprint density at radius 1 is 1.25 bits per heavy atom. The van der Waals surface area contributed by atoms with Gasteiger partial charge >= 0.3 is 0 Å². The maximum atomic E-state index is 12.6. The summed E-state index contributed by atoms with van der Waals surface area (Å²) in [5.74, 6) is 0.146. The van der Waals surface area contributed by atoms with E-state index in [9.17, 15) is 9.59 Å². The van der Waals surface area contributed by atoms with Crippen LogP contribution in [0.25, 0.3) is 0 Å². The summed E-state index contributed by atoms with van der Waals surface area (Å²) < 4.78 is 0. The second-order valence-electron chi connectivity index (χ2n) is 5.51. The third-order valence-electron chi connectivity index (χ3n) is 4.24. The van der Waals surface area contributed by atoms with Crippen LogP contribution in [0, 0.1) is 0 Å². The predicted molar refractivity (Wildman–Crippen MR) is 73.6 cm³/mol. The summed E-state index contributed by atoms with van der Waals surface area (Å²) in [7, 11) is 0. The van der Waals surface area contributed by atoms with Crippen molar-refractivity contribution < 1.29 is 9.59 Å². The van der Waals surface area contributed by atoms with Crippen molar-refractivity contribution in [1.29, 1.82) is 0 Å². The molecule has 0 aromatic carbocycles. The molecule has 1 aromatic rings. The Morgan fingerprint density at radius 2 is 2.10 bits per heavy atom. The van der Waals surface area contributed by atoms with E-state index in [0.717, 1.165) is 31.5 Å². The summed E-state index contributed by atoms with van der Waals surface area (Å²) in [5.41, 5.74) is 0.824. The molecule has 0 N–H and O–H groups in total. The van der Waals surface area contributed by atoms with E-state index in [1.165, 1.54) is 0 Å². The average molecular weight is 273 g/mol. The first-order valence-corrected chi connectivity index (χ1v) is 7.19. The molecular weight excluding hydrogens is 254 g/mol. The van der Waals surface area contributed by atoms with Gasteiger partial charge in [0.25, 0.3) is 0 Å². The van der Waals surface area contributed by atoms with Crippen molar-refractivity contribution in [2.45, 2.75) is 44.8 Å². The smallest absolute Gasteiger partial charge is 0.246 e. The molecule has 0 spiro atoms. The predicted octanol–water partition coefficient (Wildman–Crippen LogP) is 1.19. The number of pyridine rings is 1. The fourth-order valence-electron chi connectivity index (χ4n) is 3.09. The zero-order chi connectivity index (χ0) is 14.1. The number of fused-ring (bicyclic) bond motifs is 1. The molecule has 2 fully saturated rings. The quantitative estimate of drug-likeness (QED) is 0.813. The van der Waals surface area contributed by atoms with Gasteiger partial charge in [-0.3, -0.25) is 14.6 Å². The highest BCUT2D eigenvalue weighted by Gasteiger charge is 2.44. The van der Waals surface area contributed by atoms with Gasteiger partial charge in [-0.1, -0.05) is 6.07 Å². The van der Waals surface area contributed by atoms with E-state index in [4.69, 9.17) is 0 Å². The van der Waals surface area contributed by atoms with Crippen LogP contribution in [0.15, 0.2) is 24.4 Å². The van der Waals surface area contributed by atoms with Crippen molar-refractivity contribution in [2.75, 3.05) is 6.54 Å². The molecule has 0 aliphatic carbocycles. The fourth-order valence-corrected chi connectivity index (χ4v) is 3.09. The molecule has 2 unspecified atom stereocenters. The molecule has 5 heteroatoms. The summed E-state index contributed by atoms with van der Waals surface area (Å²) in [4.78, 5) is 32.7. The zero-order valence-corrected chi connectivity index (χ0v) is 11.7. The largest absolute Gasteiger partial charge is 0.329 e. The van der Waals surface area contributed by atoms with Crippen LogP contribution in [0.3, 0.4) is 0 Å². The molecule has 3 heterocycles. The van der Waals surface area contributed by atoms with Gasteiger partial charge in [0.1, 0.15) is 12.1 Å². The summed E-state index contributed by atoms with van der Waals surface area (Å²) in [6, 6.07) is 4.99. The van der Waals surface area contributed by atoms with Gasteiger partial charge in [0.15, 0.2) is 0 Å². The van der Waals surface area contributed by atoms with Gasteiger partial charge in [0, 0.05) is 12.7 Å². The van der Waals surface area contributed by atoms with Crippen molar-refractivity contribution in [3.63, 3.8) is 0 Å². The third kappa shape index (κ3) is 2.17. The van der Waals surface area contributed by atoms with E-state index >= 15 is 0 Å². The van der Waals surface area contributed by atoms with Gasteiger partial charge < -0.3 is 9.80 Å². The lowest BCUT2D eigenvalue weighted by Crippen LogP contribution is -2.64. The SMILES string of the molecule is CC1C(=O)N2CCCCC2C(=O)N1Cc1ccccn1. The van der Waals surface area contributed by atoms with Crippen LogP contribution in [0.4, 0.5) is 0 Å². The second-order valence-corrected chi connectivity index (χ2v) is 5.51. The topological polar surface area (TPSA) is 53.5 Å². The van der Waals surface area contributed by atoms with Crippen LogP contribution >= 0.6 is 0 Å². The van der Waals surface area contributed by atoms with Crippen LogP contribution in [-0.2, 0) is 16.1 Å². The molecular formula is C15H19N3O2. The lowest BCUT2D eigenvalue weighted by atomic mass is 9.95. The number of nitrogens with zero attached hydrogens (tertiary/aromatic N) is 3. The molecule has 2 saturated heterocycles. The molecule has 0 bridgehead atoms. The normalized spacial score (nSPS) is 26.6. The molecule has 2 atom stereocenters. The van der Waals surface area contributed by atoms with Gasteiger partial charge in [0.05, 0.1) is 12.2 Å². The molecule has 2 aliphatic rings. The van der Waals surface area contributed by atoms with E-state index in [0.29, 0.717) is 6.54 Å². The van der Waals surface area contributed by atoms with Gasteiger partial charge in [0.2, 0.25) is 11.8 Å². The zero-order valence-electron chi connectivity index (χ0n) is 11.7. The van der Waals surface area contributed by atoms with E-state index in [-0.39, 0.29) is 23.9 Å². The Bertz CT molecular complexity index is 517. The molecule has 0 radical (unpaired) electrons. The number of aromatic nitrogens is 1. The average Bonchev–Trinajstić information content (AvgIpc) is 2.50. The van der Waals surface area contributed by atoms with Crippen LogP contribution < -0.4 is 0 Å². The van der Waals surface area contributed by atoms with Crippen molar-refractivity contribution in [3.05, 3.63) is 30.1 Å². The Labute approximate surface area is 118 Å². The molecule has 20 heavy (non-hydrogen) atoms. The van der Waals surface area contributed by atoms with E-state index in [1.807, 2.05) is 25.1 Å². The van der Waals surface area contributed by atoms with Gasteiger partial charge in [-0.15, -0.1) is 0 Å². The molecule has 2 amide bonds. The number of piperazine rings is 1. The van der Waals surface area contributed by atoms with Crippen molar-refractivity contribution in [3.8, 4) is 0 Å². The lowest BCUT2D eigenvalue weighted by molar-refractivity contribution is -0.163. The van der Waals surface area contributed by atoms with Crippen LogP contribution in [0.1, 0.15) is 31.9 Å². The maximum Gasteiger partial charge on any atom is 0.246 e. The van der Waals surface area contributed by atoms with Crippen LogP contribution in [-0.4, -0.2) is 45.2 Å². The van der Waals surface area contributed by atoms with Crippen LogP contribution in [0.2, 0.25) is 0 Å². The van der Waals surface area contributed by atoms with E-state index in [2.05, 4.69) is 4.98 Å². The van der Waals surface area contributed by atoms with Crippen molar-refractivity contribution in [2.24, 2.45) is 0 Å². The Balaban J connectivity index is 1.83. The highest BCUT2D eigenvalue weighted by Crippen LogP contribution is 2.26. The van der Waals surface area contributed by atoms with Gasteiger partial charge in [-0.05, 0) is 38.3 Å². The number of piperidine rings is 1. The monoisotopic (exact) mass is 273 g/mol. The highest BCUT2D eigenvalue weighted by atomic mass is 16.2. The number of amides is 2. The summed E-state index contributed by atoms with van der Waals surface area (Å²) in [6.45, 7) is 2.95. The first-order chi connectivity index (χ1) is 9.68. The van der Waals surface area contributed by atoms with Crippen molar-refractivity contribution in [1.82, 2.24) is 14.8 Å². The minimum atomic E-state index is -0.390. The lowest BCUT2D eigenvalue weighted by Gasteiger charge is -2.45. The number of carbonyl (C=O) groups excluding carboxylic acids is 2.